The van der Waals surface area contributed by atoms with Crippen molar-refractivity contribution in [1.29, 1.82) is 0 Å². The molecular weight excluding hydrogens is 366 g/mol. The molecule has 1 aromatic heterocycles. The molecule has 9 heteroatoms. The van der Waals surface area contributed by atoms with E-state index in [2.05, 4.69) is 19.8 Å². The van der Waals surface area contributed by atoms with Crippen molar-refractivity contribution in [3.05, 3.63) is 18.5 Å². The van der Waals surface area contributed by atoms with Gasteiger partial charge in [-0.1, -0.05) is 0 Å². The van der Waals surface area contributed by atoms with Gasteiger partial charge in [-0.3, -0.25) is 9.69 Å². The number of carbonyl (C=O) groups is 1. The first kappa shape index (κ1) is 18.6. The van der Waals surface area contributed by atoms with Gasteiger partial charge in [0.05, 0.1) is 17.4 Å². The molecule has 1 amide bonds. The molecular formula is C18H27N5O3S. The molecule has 148 valence electrons. The van der Waals surface area contributed by atoms with E-state index in [9.17, 15) is 13.2 Å². The lowest BCUT2D eigenvalue weighted by Gasteiger charge is -2.40. The summed E-state index contributed by atoms with van der Waals surface area (Å²) in [5, 5.41) is 0. The fraction of sp³-hybridized carbons (Fsp3) is 0.722. The molecule has 4 heterocycles. The Morgan fingerprint density at radius 2 is 1.78 bits per heavy atom. The molecule has 2 unspecified atom stereocenters. The van der Waals surface area contributed by atoms with Gasteiger partial charge >= 0.3 is 0 Å². The lowest BCUT2D eigenvalue weighted by molar-refractivity contribution is -0.137. The Morgan fingerprint density at radius 1 is 1.04 bits per heavy atom. The normalized spacial score (nSPS) is 29.0. The summed E-state index contributed by atoms with van der Waals surface area (Å²) >= 11 is 0. The summed E-state index contributed by atoms with van der Waals surface area (Å²) in [6.45, 7) is 4.47. The number of hydrogen-bond acceptors (Lipinski definition) is 7. The molecule has 0 bridgehead atoms. The number of amides is 1. The highest BCUT2D eigenvalue weighted by Gasteiger charge is 2.36. The van der Waals surface area contributed by atoms with Gasteiger partial charge in [0.25, 0.3) is 0 Å². The molecule has 3 fully saturated rings. The summed E-state index contributed by atoms with van der Waals surface area (Å²) in [5.74, 6) is 1.48. The molecule has 0 aliphatic carbocycles. The highest BCUT2D eigenvalue weighted by molar-refractivity contribution is 7.91. The summed E-state index contributed by atoms with van der Waals surface area (Å²) in [7, 11) is -2.86. The quantitative estimate of drug-likeness (QED) is 0.716. The standard InChI is InChI=1S/C18H27N5O3S/c24-17(15-3-1-7-23(13-15)18-19-5-2-6-20-18)22-10-8-21(9-11-22)16-4-12-27(25,26)14-16/h2,5-6,15-16H,1,3-4,7-14H2. The van der Waals surface area contributed by atoms with Crippen LogP contribution in [0.25, 0.3) is 0 Å². The van der Waals surface area contributed by atoms with Gasteiger partial charge in [-0.05, 0) is 25.3 Å². The second kappa shape index (κ2) is 7.71. The summed E-state index contributed by atoms with van der Waals surface area (Å²) < 4.78 is 23.4. The maximum absolute atomic E-state index is 13.0. The molecule has 3 aliphatic rings. The van der Waals surface area contributed by atoms with Gasteiger partial charge in [0.15, 0.2) is 9.84 Å². The smallest absolute Gasteiger partial charge is 0.227 e. The SMILES string of the molecule is O=C(C1CCCN(c2ncccn2)C1)N1CCN(C2CCS(=O)(=O)C2)CC1. The Kier molecular flexibility index (Phi) is 5.32. The Labute approximate surface area is 160 Å². The topological polar surface area (TPSA) is 86.7 Å². The van der Waals surface area contributed by atoms with Crippen LogP contribution in [0.1, 0.15) is 19.3 Å². The van der Waals surface area contributed by atoms with E-state index >= 15 is 0 Å². The zero-order valence-corrected chi connectivity index (χ0v) is 16.4. The van der Waals surface area contributed by atoms with Crippen molar-refractivity contribution in [1.82, 2.24) is 19.8 Å². The summed E-state index contributed by atoms with van der Waals surface area (Å²) in [5.41, 5.74) is 0. The molecule has 0 spiro atoms. The number of sulfone groups is 1. The molecule has 0 N–H and O–H groups in total. The van der Waals surface area contributed by atoms with Crippen molar-refractivity contribution in [3.63, 3.8) is 0 Å². The van der Waals surface area contributed by atoms with Gasteiger partial charge in [0, 0.05) is 57.7 Å². The van der Waals surface area contributed by atoms with E-state index in [1.807, 2.05) is 4.90 Å². The van der Waals surface area contributed by atoms with Crippen molar-refractivity contribution in [3.8, 4) is 0 Å². The van der Waals surface area contributed by atoms with Crippen molar-refractivity contribution in [2.24, 2.45) is 5.92 Å². The molecule has 1 aromatic rings. The minimum absolute atomic E-state index is 0.0130. The van der Waals surface area contributed by atoms with Gasteiger partial charge in [0.1, 0.15) is 0 Å². The summed E-state index contributed by atoms with van der Waals surface area (Å²) in [4.78, 5) is 27.9. The Morgan fingerprint density at radius 3 is 2.44 bits per heavy atom. The fourth-order valence-electron chi connectivity index (χ4n) is 4.44. The van der Waals surface area contributed by atoms with Crippen LogP contribution >= 0.6 is 0 Å². The fourth-order valence-corrected chi connectivity index (χ4v) is 6.21. The highest BCUT2D eigenvalue weighted by atomic mass is 32.2. The number of aromatic nitrogens is 2. The molecule has 0 aromatic carbocycles. The third-order valence-electron chi connectivity index (χ3n) is 5.96. The zero-order chi connectivity index (χ0) is 18.9. The van der Waals surface area contributed by atoms with E-state index in [1.165, 1.54) is 0 Å². The van der Waals surface area contributed by atoms with E-state index < -0.39 is 9.84 Å². The predicted octanol–water partition coefficient (Wildman–Crippen LogP) is 0.0243. The van der Waals surface area contributed by atoms with Crippen LogP contribution in [0.2, 0.25) is 0 Å². The van der Waals surface area contributed by atoms with E-state index in [-0.39, 0.29) is 23.6 Å². The maximum Gasteiger partial charge on any atom is 0.227 e. The van der Waals surface area contributed by atoms with E-state index in [1.54, 1.807) is 18.5 Å². The third-order valence-corrected chi connectivity index (χ3v) is 7.71. The third kappa shape index (κ3) is 4.24. The Hall–Kier alpha value is -1.74. The van der Waals surface area contributed by atoms with Crippen LogP contribution in [0.5, 0.6) is 0 Å². The van der Waals surface area contributed by atoms with Gasteiger partial charge in [0.2, 0.25) is 11.9 Å². The first-order valence-electron chi connectivity index (χ1n) is 9.77. The molecule has 27 heavy (non-hydrogen) atoms. The van der Waals surface area contributed by atoms with Crippen molar-refractivity contribution < 1.29 is 13.2 Å². The number of carbonyl (C=O) groups excluding carboxylic acids is 1. The number of hydrogen-bond donors (Lipinski definition) is 0. The molecule has 0 radical (unpaired) electrons. The average Bonchev–Trinajstić information content (AvgIpc) is 3.08. The summed E-state index contributed by atoms with van der Waals surface area (Å²) in [6, 6.07) is 1.93. The van der Waals surface area contributed by atoms with Crippen LogP contribution < -0.4 is 4.90 Å². The van der Waals surface area contributed by atoms with E-state index in [0.717, 1.165) is 38.9 Å². The van der Waals surface area contributed by atoms with E-state index in [4.69, 9.17) is 0 Å². The maximum atomic E-state index is 13.0. The lowest BCUT2D eigenvalue weighted by Crippen LogP contribution is -2.54. The van der Waals surface area contributed by atoms with Crippen molar-refractivity contribution >= 4 is 21.7 Å². The number of rotatable bonds is 3. The minimum atomic E-state index is -2.86. The molecule has 4 rings (SSSR count). The van der Waals surface area contributed by atoms with Crippen LogP contribution in [-0.2, 0) is 14.6 Å². The van der Waals surface area contributed by atoms with Crippen molar-refractivity contribution in [2.75, 3.05) is 55.7 Å². The molecule has 8 nitrogen and oxygen atoms in total. The van der Waals surface area contributed by atoms with Gasteiger partial charge in [-0.25, -0.2) is 18.4 Å². The van der Waals surface area contributed by atoms with Gasteiger partial charge in [-0.15, -0.1) is 0 Å². The molecule has 0 saturated carbocycles. The first-order chi connectivity index (χ1) is 13.0. The van der Waals surface area contributed by atoms with Crippen LogP contribution in [0, 0.1) is 5.92 Å². The molecule has 2 atom stereocenters. The average molecular weight is 394 g/mol. The van der Waals surface area contributed by atoms with Gasteiger partial charge < -0.3 is 9.80 Å². The van der Waals surface area contributed by atoms with E-state index in [0.29, 0.717) is 31.3 Å². The molecule has 3 aliphatic heterocycles. The molecule has 3 saturated heterocycles. The highest BCUT2D eigenvalue weighted by Crippen LogP contribution is 2.24. The van der Waals surface area contributed by atoms with Crippen LogP contribution in [0.3, 0.4) is 0 Å². The monoisotopic (exact) mass is 393 g/mol. The number of piperidine rings is 1. The zero-order valence-electron chi connectivity index (χ0n) is 15.5. The minimum Gasteiger partial charge on any atom is -0.340 e. The first-order valence-corrected chi connectivity index (χ1v) is 11.6. The number of anilines is 1. The number of piperazine rings is 1. The summed E-state index contributed by atoms with van der Waals surface area (Å²) in [6.07, 6.45) is 6.06. The predicted molar refractivity (Wildman–Crippen MR) is 102 cm³/mol. The second-order valence-corrected chi connectivity index (χ2v) is 9.98. The van der Waals surface area contributed by atoms with Crippen molar-refractivity contribution in [2.45, 2.75) is 25.3 Å². The lowest BCUT2D eigenvalue weighted by atomic mass is 9.96. The second-order valence-electron chi connectivity index (χ2n) is 7.75. The largest absolute Gasteiger partial charge is 0.340 e. The van der Waals surface area contributed by atoms with Crippen LogP contribution in [0.4, 0.5) is 5.95 Å². The Bertz CT molecular complexity index is 764. The van der Waals surface area contributed by atoms with Gasteiger partial charge in [-0.2, -0.15) is 0 Å². The van der Waals surface area contributed by atoms with Crippen LogP contribution in [-0.4, -0.2) is 90.9 Å². The Balaban J connectivity index is 1.31. The van der Waals surface area contributed by atoms with Crippen LogP contribution in [0.15, 0.2) is 18.5 Å². The number of nitrogens with zero attached hydrogens (tertiary/aromatic N) is 5.